The van der Waals surface area contributed by atoms with E-state index in [1.165, 1.54) is 16.5 Å². The molecule has 3 aromatic rings. The molecular weight excluding hydrogens is 314 g/mol. The Morgan fingerprint density at radius 1 is 1.24 bits per heavy atom. The first-order chi connectivity index (χ1) is 12.2. The second kappa shape index (κ2) is 7.83. The molecule has 25 heavy (non-hydrogen) atoms. The largest absolute Gasteiger partial charge is 0.361 e. The fourth-order valence-corrected chi connectivity index (χ4v) is 2.73. The van der Waals surface area contributed by atoms with Gasteiger partial charge in [0.1, 0.15) is 12.4 Å². The van der Waals surface area contributed by atoms with Crippen molar-refractivity contribution in [3.8, 4) is 0 Å². The molecule has 0 spiro atoms. The number of rotatable bonds is 6. The fraction of sp³-hybridized carbons (Fsp3) is 0.389. The quantitative estimate of drug-likeness (QED) is 0.473. The van der Waals surface area contributed by atoms with Gasteiger partial charge < -0.3 is 20.2 Å². The van der Waals surface area contributed by atoms with Crippen LogP contribution in [-0.2, 0) is 20.0 Å². The van der Waals surface area contributed by atoms with E-state index < -0.39 is 0 Å². The first kappa shape index (κ1) is 17.0. The van der Waals surface area contributed by atoms with E-state index in [-0.39, 0.29) is 0 Å². The molecular formula is C18H25N7. The summed E-state index contributed by atoms with van der Waals surface area (Å²) in [5.74, 6) is 2.54. The zero-order valence-electron chi connectivity index (χ0n) is 15.0. The van der Waals surface area contributed by atoms with E-state index in [2.05, 4.69) is 62.1 Å². The summed E-state index contributed by atoms with van der Waals surface area (Å²) in [6, 6.07) is 8.37. The third-order valence-corrected chi connectivity index (χ3v) is 4.27. The number of fused-ring (bicyclic) bond motifs is 1. The van der Waals surface area contributed by atoms with Crippen LogP contribution >= 0.6 is 0 Å². The molecule has 0 atom stereocenters. The standard InChI is InChI=1S/C18H25N7/c1-4-19-18(22-12-17-24-23-13(2)25(17)3)20-10-9-14-11-21-16-8-6-5-7-15(14)16/h5-8,11,21H,4,9-10,12H2,1-3H3,(H2,19,20,22). The lowest BCUT2D eigenvalue weighted by Crippen LogP contribution is -2.38. The topological polar surface area (TPSA) is 82.9 Å². The van der Waals surface area contributed by atoms with Gasteiger partial charge in [0.15, 0.2) is 11.8 Å². The highest BCUT2D eigenvalue weighted by Crippen LogP contribution is 2.17. The van der Waals surface area contributed by atoms with Crippen molar-refractivity contribution >= 4 is 16.9 Å². The fourth-order valence-electron chi connectivity index (χ4n) is 2.73. The second-order valence-corrected chi connectivity index (χ2v) is 5.95. The summed E-state index contributed by atoms with van der Waals surface area (Å²) in [6.45, 7) is 6.12. The van der Waals surface area contributed by atoms with Crippen molar-refractivity contribution in [1.82, 2.24) is 30.4 Å². The number of aromatic amines is 1. The van der Waals surface area contributed by atoms with E-state index in [1.807, 2.05) is 24.6 Å². The highest BCUT2D eigenvalue weighted by Gasteiger charge is 2.06. The van der Waals surface area contributed by atoms with Crippen LogP contribution in [0.1, 0.15) is 24.1 Å². The Morgan fingerprint density at radius 2 is 2.08 bits per heavy atom. The number of nitrogens with one attached hydrogen (secondary N) is 3. The predicted octanol–water partition coefficient (Wildman–Crippen LogP) is 1.90. The molecule has 0 saturated heterocycles. The summed E-state index contributed by atoms with van der Waals surface area (Å²) >= 11 is 0. The zero-order valence-corrected chi connectivity index (χ0v) is 15.0. The van der Waals surface area contributed by atoms with Gasteiger partial charge in [-0.15, -0.1) is 10.2 Å². The van der Waals surface area contributed by atoms with Gasteiger partial charge in [0, 0.05) is 37.2 Å². The van der Waals surface area contributed by atoms with Crippen molar-refractivity contribution < 1.29 is 0 Å². The van der Waals surface area contributed by atoms with Crippen molar-refractivity contribution in [2.75, 3.05) is 13.1 Å². The summed E-state index contributed by atoms with van der Waals surface area (Å²) in [4.78, 5) is 7.92. The molecule has 0 saturated carbocycles. The smallest absolute Gasteiger partial charge is 0.191 e. The maximum absolute atomic E-state index is 4.60. The van der Waals surface area contributed by atoms with Crippen LogP contribution in [0.3, 0.4) is 0 Å². The predicted molar refractivity (Wildman–Crippen MR) is 101 cm³/mol. The molecule has 0 aliphatic heterocycles. The lowest BCUT2D eigenvalue weighted by atomic mass is 10.1. The summed E-state index contributed by atoms with van der Waals surface area (Å²) in [6.07, 6.45) is 3.01. The monoisotopic (exact) mass is 339 g/mol. The van der Waals surface area contributed by atoms with Crippen LogP contribution in [0.4, 0.5) is 0 Å². The third kappa shape index (κ3) is 3.99. The Balaban J connectivity index is 1.60. The van der Waals surface area contributed by atoms with Gasteiger partial charge in [-0.1, -0.05) is 18.2 Å². The van der Waals surface area contributed by atoms with E-state index in [0.717, 1.165) is 37.1 Å². The van der Waals surface area contributed by atoms with Gasteiger partial charge in [-0.05, 0) is 31.9 Å². The number of guanidine groups is 1. The molecule has 0 unspecified atom stereocenters. The van der Waals surface area contributed by atoms with Gasteiger partial charge in [0.25, 0.3) is 0 Å². The summed E-state index contributed by atoms with van der Waals surface area (Å²) in [7, 11) is 1.96. The molecule has 3 N–H and O–H groups in total. The highest BCUT2D eigenvalue weighted by molar-refractivity contribution is 5.83. The third-order valence-electron chi connectivity index (χ3n) is 4.27. The maximum Gasteiger partial charge on any atom is 0.191 e. The minimum atomic E-state index is 0.500. The van der Waals surface area contributed by atoms with Crippen LogP contribution < -0.4 is 10.6 Å². The number of nitrogens with zero attached hydrogens (tertiary/aromatic N) is 4. The molecule has 3 rings (SSSR count). The molecule has 7 heteroatoms. The number of aryl methyl sites for hydroxylation is 1. The number of aromatic nitrogens is 4. The average molecular weight is 339 g/mol. The van der Waals surface area contributed by atoms with Gasteiger partial charge in [-0.2, -0.15) is 0 Å². The van der Waals surface area contributed by atoms with Crippen LogP contribution in [0.2, 0.25) is 0 Å². The van der Waals surface area contributed by atoms with E-state index in [4.69, 9.17) is 0 Å². The minimum absolute atomic E-state index is 0.500. The van der Waals surface area contributed by atoms with Crippen LogP contribution in [0.15, 0.2) is 35.5 Å². The first-order valence-corrected chi connectivity index (χ1v) is 8.61. The van der Waals surface area contributed by atoms with Crippen LogP contribution in [0.25, 0.3) is 10.9 Å². The number of benzene rings is 1. The van der Waals surface area contributed by atoms with Gasteiger partial charge in [0.05, 0.1) is 0 Å². The van der Waals surface area contributed by atoms with Crippen LogP contribution in [0, 0.1) is 6.92 Å². The summed E-state index contributed by atoms with van der Waals surface area (Å²) in [5, 5.41) is 16.1. The van der Waals surface area contributed by atoms with Crippen molar-refractivity contribution in [2.45, 2.75) is 26.8 Å². The number of para-hydroxylation sites is 1. The molecule has 0 fully saturated rings. The molecule has 2 aromatic heterocycles. The Bertz CT molecular complexity index is 859. The first-order valence-electron chi connectivity index (χ1n) is 8.61. The van der Waals surface area contributed by atoms with Crippen molar-refractivity contribution in [3.63, 3.8) is 0 Å². The number of hydrogen-bond donors (Lipinski definition) is 3. The molecule has 2 heterocycles. The average Bonchev–Trinajstić information content (AvgIpc) is 3.17. The zero-order chi connectivity index (χ0) is 17.6. The van der Waals surface area contributed by atoms with Gasteiger partial charge >= 0.3 is 0 Å². The Hall–Kier alpha value is -2.83. The lowest BCUT2D eigenvalue weighted by Gasteiger charge is -2.11. The number of aliphatic imine (C=N–C) groups is 1. The molecule has 1 aromatic carbocycles. The second-order valence-electron chi connectivity index (χ2n) is 5.95. The molecule has 0 bridgehead atoms. The number of hydrogen-bond acceptors (Lipinski definition) is 3. The Morgan fingerprint density at radius 3 is 2.84 bits per heavy atom. The van der Waals surface area contributed by atoms with Gasteiger partial charge in [-0.25, -0.2) is 4.99 Å². The van der Waals surface area contributed by atoms with Crippen molar-refractivity contribution in [1.29, 1.82) is 0 Å². The maximum atomic E-state index is 4.60. The SMILES string of the molecule is CCNC(=NCc1nnc(C)n1C)NCCc1c[nH]c2ccccc12. The van der Waals surface area contributed by atoms with Crippen LogP contribution in [-0.4, -0.2) is 38.8 Å². The normalized spacial score (nSPS) is 11.9. The van der Waals surface area contributed by atoms with E-state index in [9.17, 15) is 0 Å². The van der Waals surface area contributed by atoms with E-state index >= 15 is 0 Å². The Kier molecular flexibility index (Phi) is 5.33. The molecule has 0 radical (unpaired) electrons. The number of H-pyrrole nitrogens is 1. The molecule has 0 aliphatic rings. The summed E-state index contributed by atoms with van der Waals surface area (Å²) in [5.41, 5.74) is 2.48. The highest BCUT2D eigenvalue weighted by atomic mass is 15.3. The molecule has 7 nitrogen and oxygen atoms in total. The van der Waals surface area contributed by atoms with E-state index in [1.54, 1.807) is 0 Å². The Labute approximate surface area is 147 Å². The van der Waals surface area contributed by atoms with Crippen molar-refractivity contribution in [3.05, 3.63) is 47.7 Å². The van der Waals surface area contributed by atoms with Gasteiger partial charge in [-0.3, -0.25) is 0 Å². The van der Waals surface area contributed by atoms with E-state index in [0.29, 0.717) is 6.54 Å². The van der Waals surface area contributed by atoms with Crippen molar-refractivity contribution in [2.24, 2.45) is 12.0 Å². The van der Waals surface area contributed by atoms with Gasteiger partial charge in [0.2, 0.25) is 0 Å². The lowest BCUT2D eigenvalue weighted by molar-refractivity contribution is 0.754. The summed E-state index contributed by atoms with van der Waals surface area (Å²) < 4.78 is 1.96. The molecule has 132 valence electrons. The molecule has 0 aliphatic carbocycles. The van der Waals surface area contributed by atoms with Crippen LogP contribution in [0.5, 0.6) is 0 Å². The minimum Gasteiger partial charge on any atom is -0.361 e. The molecule has 0 amide bonds.